The van der Waals surface area contributed by atoms with Crippen molar-refractivity contribution in [1.82, 2.24) is 14.8 Å². The van der Waals surface area contributed by atoms with E-state index in [0.717, 1.165) is 12.0 Å². The van der Waals surface area contributed by atoms with Gasteiger partial charge in [-0.3, -0.25) is 9.69 Å². The number of halogens is 1. The smallest absolute Gasteiger partial charge is 0.262 e. The van der Waals surface area contributed by atoms with Crippen molar-refractivity contribution < 1.29 is 4.79 Å². The van der Waals surface area contributed by atoms with Crippen LogP contribution >= 0.6 is 11.6 Å². The Morgan fingerprint density at radius 2 is 1.84 bits per heavy atom. The average molecular weight is 353 g/mol. The maximum absolute atomic E-state index is 13.1. The zero-order chi connectivity index (χ0) is 17.4. The Kier molecular flexibility index (Phi) is 4.01. The van der Waals surface area contributed by atoms with Gasteiger partial charge in [-0.15, -0.1) is 0 Å². The van der Waals surface area contributed by atoms with Crippen LogP contribution in [0.4, 0.5) is 5.95 Å². The summed E-state index contributed by atoms with van der Waals surface area (Å²) in [5.74, 6) is 0.399. The fourth-order valence-electron chi connectivity index (χ4n) is 3.37. The summed E-state index contributed by atoms with van der Waals surface area (Å²) in [4.78, 5) is 19.1. The van der Waals surface area contributed by atoms with Crippen molar-refractivity contribution in [2.24, 2.45) is 0 Å². The fraction of sp³-hybridized carbons (Fsp3) is 0.211. The third-order valence-electron chi connectivity index (χ3n) is 4.58. The van der Waals surface area contributed by atoms with Crippen LogP contribution in [-0.4, -0.2) is 26.7 Å². The molecule has 0 radical (unpaired) electrons. The number of aromatic nitrogens is 3. The lowest BCUT2D eigenvalue weighted by molar-refractivity contribution is 0.0966. The predicted octanol–water partition coefficient (Wildman–Crippen LogP) is 3.96. The number of fused-ring (bicyclic) bond motifs is 1. The van der Waals surface area contributed by atoms with Crippen LogP contribution in [0.25, 0.3) is 0 Å². The highest BCUT2D eigenvalue weighted by molar-refractivity contribution is 6.34. The summed E-state index contributed by atoms with van der Waals surface area (Å²) in [5.41, 5.74) is 1.63. The van der Waals surface area contributed by atoms with Gasteiger partial charge in [0.15, 0.2) is 0 Å². The molecule has 0 saturated carbocycles. The second kappa shape index (κ2) is 6.33. The largest absolute Gasteiger partial charge is 0.274 e. The summed E-state index contributed by atoms with van der Waals surface area (Å²) in [7, 11) is 0. The molecule has 0 unspecified atom stereocenters. The number of hydrogen-bond acceptors (Lipinski definition) is 3. The monoisotopic (exact) mass is 352 g/mol. The van der Waals surface area contributed by atoms with Gasteiger partial charge in [-0.2, -0.15) is 10.1 Å². The maximum Gasteiger partial charge on any atom is 0.262 e. The first-order valence-corrected chi connectivity index (χ1v) is 8.57. The summed E-state index contributed by atoms with van der Waals surface area (Å²) in [6, 6.07) is 17.3. The van der Waals surface area contributed by atoms with Gasteiger partial charge in [-0.25, -0.2) is 4.68 Å². The normalized spacial score (nSPS) is 19.5. The molecular weight excluding hydrogens is 336 g/mol. The highest BCUT2D eigenvalue weighted by atomic mass is 35.5. The molecule has 0 bridgehead atoms. The van der Waals surface area contributed by atoms with E-state index in [-0.39, 0.29) is 18.0 Å². The molecule has 1 aromatic heterocycles. The Morgan fingerprint density at radius 1 is 1.12 bits per heavy atom. The van der Waals surface area contributed by atoms with Gasteiger partial charge in [0.05, 0.1) is 16.6 Å². The van der Waals surface area contributed by atoms with E-state index >= 15 is 0 Å². The minimum atomic E-state index is -0.154. The third-order valence-corrected chi connectivity index (χ3v) is 4.91. The predicted molar refractivity (Wildman–Crippen MR) is 96.9 cm³/mol. The van der Waals surface area contributed by atoms with Crippen LogP contribution in [0.1, 0.15) is 35.3 Å². The van der Waals surface area contributed by atoms with E-state index < -0.39 is 0 Å². The fourth-order valence-corrected chi connectivity index (χ4v) is 3.59. The molecule has 0 N–H and O–H groups in total. The summed E-state index contributed by atoms with van der Waals surface area (Å²) in [6.45, 7) is 2.03. The Labute approximate surface area is 150 Å². The van der Waals surface area contributed by atoms with Gasteiger partial charge in [0.2, 0.25) is 5.95 Å². The van der Waals surface area contributed by atoms with Crippen molar-refractivity contribution in [3.05, 3.63) is 77.1 Å². The molecule has 3 aromatic rings. The molecule has 126 valence electrons. The van der Waals surface area contributed by atoms with Gasteiger partial charge in [-0.05, 0) is 31.0 Å². The average Bonchev–Trinajstić information content (AvgIpc) is 3.11. The van der Waals surface area contributed by atoms with Crippen LogP contribution in [-0.2, 0) is 0 Å². The summed E-state index contributed by atoms with van der Waals surface area (Å²) in [6.07, 6.45) is 2.26. The Bertz CT molecular complexity index is 909. The second-order valence-corrected chi connectivity index (χ2v) is 6.58. The topological polar surface area (TPSA) is 51.0 Å². The van der Waals surface area contributed by atoms with Crippen LogP contribution in [0.5, 0.6) is 0 Å². The molecule has 2 atom stereocenters. The van der Waals surface area contributed by atoms with Crippen molar-refractivity contribution in [2.45, 2.75) is 25.4 Å². The molecule has 2 aromatic carbocycles. The molecule has 0 spiro atoms. The van der Waals surface area contributed by atoms with Gasteiger partial charge in [0, 0.05) is 6.04 Å². The van der Waals surface area contributed by atoms with E-state index in [0.29, 0.717) is 16.5 Å². The Hall–Kier alpha value is -2.66. The maximum atomic E-state index is 13.1. The van der Waals surface area contributed by atoms with E-state index in [9.17, 15) is 4.79 Å². The van der Waals surface area contributed by atoms with E-state index in [1.807, 2.05) is 41.9 Å². The minimum Gasteiger partial charge on any atom is -0.274 e. The lowest BCUT2D eigenvalue weighted by atomic mass is 9.97. The number of amides is 1. The second-order valence-electron chi connectivity index (χ2n) is 6.17. The number of nitrogens with zero attached hydrogens (tertiary/aromatic N) is 4. The zero-order valence-corrected chi connectivity index (χ0v) is 14.5. The molecule has 0 fully saturated rings. The number of carbonyl (C=O) groups is 1. The molecular formula is C19H17ClN4O. The van der Waals surface area contributed by atoms with Gasteiger partial charge < -0.3 is 0 Å². The number of anilines is 1. The van der Waals surface area contributed by atoms with Crippen molar-refractivity contribution in [3.8, 4) is 0 Å². The molecule has 0 aliphatic carbocycles. The molecule has 1 aliphatic rings. The molecule has 1 aliphatic heterocycles. The van der Waals surface area contributed by atoms with Crippen LogP contribution in [0, 0.1) is 0 Å². The highest BCUT2D eigenvalue weighted by Gasteiger charge is 2.37. The Balaban J connectivity index is 1.76. The van der Waals surface area contributed by atoms with Gasteiger partial charge in [0.1, 0.15) is 6.33 Å². The lowest BCUT2D eigenvalue weighted by Gasteiger charge is -2.37. The van der Waals surface area contributed by atoms with Gasteiger partial charge in [0.25, 0.3) is 5.91 Å². The standard InChI is InChI=1S/C19H17ClN4O/c1-13-11-17(14-7-3-2-4-8-14)24-19(21-12-22-24)23(13)18(25)15-9-5-6-10-16(15)20/h2-10,12-13,17H,11H2,1H3/t13-,17-/m0/s1. The highest BCUT2D eigenvalue weighted by Crippen LogP contribution is 2.35. The first-order valence-electron chi connectivity index (χ1n) is 8.19. The van der Waals surface area contributed by atoms with E-state index in [1.54, 1.807) is 17.0 Å². The molecule has 2 heterocycles. The van der Waals surface area contributed by atoms with Crippen molar-refractivity contribution in [2.75, 3.05) is 4.90 Å². The minimum absolute atomic E-state index is 0.0225. The SMILES string of the molecule is C[C@H]1C[C@@H](c2ccccc2)n2ncnc2N1C(=O)c1ccccc1Cl. The Morgan fingerprint density at radius 3 is 2.60 bits per heavy atom. The molecule has 1 amide bonds. The van der Waals surface area contributed by atoms with Crippen molar-refractivity contribution in [1.29, 1.82) is 0 Å². The lowest BCUT2D eigenvalue weighted by Crippen LogP contribution is -2.46. The third kappa shape index (κ3) is 2.70. The summed E-state index contributed by atoms with van der Waals surface area (Å²) >= 11 is 6.22. The molecule has 5 nitrogen and oxygen atoms in total. The quantitative estimate of drug-likeness (QED) is 0.701. The van der Waals surface area contributed by atoms with E-state index in [1.165, 1.54) is 6.33 Å². The zero-order valence-electron chi connectivity index (χ0n) is 13.7. The van der Waals surface area contributed by atoms with Gasteiger partial charge >= 0.3 is 0 Å². The van der Waals surface area contributed by atoms with Crippen molar-refractivity contribution >= 4 is 23.5 Å². The van der Waals surface area contributed by atoms with Gasteiger partial charge in [-0.1, -0.05) is 54.1 Å². The molecule has 0 saturated heterocycles. The van der Waals surface area contributed by atoms with E-state index in [4.69, 9.17) is 11.6 Å². The molecule has 6 heteroatoms. The number of hydrogen-bond donors (Lipinski definition) is 0. The van der Waals surface area contributed by atoms with Crippen LogP contribution in [0.2, 0.25) is 5.02 Å². The number of rotatable bonds is 2. The van der Waals surface area contributed by atoms with Crippen LogP contribution in [0.3, 0.4) is 0 Å². The summed E-state index contributed by atoms with van der Waals surface area (Å²) in [5, 5.41) is 4.82. The number of benzene rings is 2. The molecule has 4 rings (SSSR count). The first-order chi connectivity index (χ1) is 12.2. The first kappa shape index (κ1) is 15.8. The van der Waals surface area contributed by atoms with E-state index in [2.05, 4.69) is 22.2 Å². The van der Waals surface area contributed by atoms with Crippen LogP contribution < -0.4 is 4.90 Å². The van der Waals surface area contributed by atoms with Crippen LogP contribution in [0.15, 0.2) is 60.9 Å². The number of carbonyl (C=O) groups excluding carboxylic acids is 1. The molecule has 25 heavy (non-hydrogen) atoms. The summed E-state index contributed by atoms with van der Waals surface area (Å²) < 4.78 is 1.82. The van der Waals surface area contributed by atoms with Crippen molar-refractivity contribution in [3.63, 3.8) is 0 Å².